The predicted octanol–water partition coefficient (Wildman–Crippen LogP) is 0.618. The third-order valence-electron chi connectivity index (χ3n) is 1.68. The van der Waals surface area contributed by atoms with Crippen LogP contribution in [0.15, 0.2) is 29.3 Å². The van der Waals surface area contributed by atoms with Crippen LogP contribution in [0, 0.1) is 0 Å². The molecule has 0 aliphatic carbocycles. The molecule has 6 nitrogen and oxygen atoms in total. The van der Waals surface area contributed by atoms with Crippen LogP contribution in [0.25, 0.3) is 0 Å². The van der Waals surface area contributed by atoms with Gasteiger partial charge in [0.15, 0.2) is 11.5 Å². The van der Waals surface area contributed by atoms with E-state index in [1.807, 2.05) is 0 Å². The van der Waals surface area contributed by atoms with Crippen LogP contribution in [-0.2, 0) is 6.54 Å². The molecule has 0 radical (unpaired) electrons. The summed E-state index contributed by atoms with van der Waals surface area (Å²) >= 11 is 0. The van der Waals surface area contributed by atoms with Crippen LogP contribution in [-0.4, -0.2) is 25.8 Å². The van der Waals surface area contributed by atoms with Crippen molar-refractivity contribution in [3.8, 4) is 0 Å². The van der Waals surface area contributed by atoms with E-state index >= 15 is 0 Å². The summed E-state index contributed by atoms with van der Waals surface area (Å²) in [6.45, 7) is 0.431. The molecule has 0 saturated carbocycles. The fraction of sp³-hybridized carbons (Fsp3) is 0.125. The molecule has 0 aromatic carbocycles. The molecule has 2 rings (SSSR count). The Morgan fingerprint density at radius 1 is 1.64 bits per heavy atom. The number of hydrogen-bond donors (Lipinski definition) is 1. The molecule has 0 aliphatic rings. The zero-order valence-electron chi connectivity index (χ0n) is 7.12. The van der Waals surface area contributed by atoms with Gasteiger partial charge in [-0.05, 0) is 0 Å². The first-order valence-electron chi connectivity index (χ1n) is 3.90. The molecule has 2 aromatic rings. The second-order valence-corrected chi connectivity index (χ2v) is 2.72. The molecule has 1 N–H and O–H groups in total. The molecule has 0 saturated heterocycles. The summed E-state index contributed by atoms with van der Waals surface area (Å²) < 4.78 is 6.48. The van der Waals surface area contributed by atoms with Crippen LogP contribution >= 0.6 is 0 Å². The first-order chi connectivity index (χ1) is 6.75. The molecule has 0 unspecified atom stereocenters. The number of nitrogens with zero attached hydrogens (tertiary/aromatic N) is 3. The summed E-state index contributed by atoms with van der Waals surface area (Å²) in [5.74, 6) is -0.388. The lowest BCUT2D eigenvalue weighted by molar-refractivity contribution is 0.0691. The number of imidazole rings is 1. The van der Waals surface area contributed by atoms with Crippen molar-refractivity contribution in [2.45, 2.75) is 6.54 Å². The Balaban J connectivity index is 2.14. The van der Waals surface area contributed by atoms with Crippen LogP contribution in [0.3, 0.4) is 0 Å². The third kappa shape index (κ3) is 1.63. The summed E-state index contributed by atoms with van der Waals surface area (Å²) in [4.78, 5) is 14.2. The highest BCUT2D eigenvalue weighted by molar-refractivity contribution is 5.84. The Morgan fingerprint density at radius 2 is 2.50 bits per heavy atom. The number of rotatable bonds is 3. The minimum atomic E-state index is -1.04. The van der Waals surface area contributed by atoms with Gasteiger partial charge in [0.05, 0.1) is 19.1 Å². The second kappa shape index (κ2) is 3.33. The van der Waals surface area contributed by atoms with Crippen molar-refractivity contribution in [1.82, 2.24) is 14.7 Å². The molecule has 0 spiro atoms. The first-order valence-corrected chi connectivity index (χ1v) is 3.90. The van der Waals surface area contributed by atoms with Crippen LogP contribution < -0.4 is 0 Å². The maximum atomic E-state index is 10.5. The minimum absolute atomic E-state index is 0.0181. The van der Waals surface area contributed by atoms with Crippen LogP contribution in [0.2, 0.25) is 0 Å². The molecule has 0 aliphatic heterocycles. The van der Waals surface area contributed by atoms with Gasteiger partial charge in [0.2, 0.25) is 0 Å². The predicted molar refractivity (Wildman–Crippen MR) is 44.8 cm³/mol. The van der Waals surface area contributed by atoms with Crippen molar-refractivity contribution in [1.29, 1.82) is 0 Å². The smallest absolute Gasteiger partial charge is 0.356 e. The molecule has 6 heteroatoms. The number of aromatic carboxylic acids is 1. The van der Waals surface area contributed by atoms with Crippen molar-refractivity contribution >= 4 is 5.97 Å². The Labute approximate surface area is 78.8 Å². The SMILES string of the molecule is O=C(O)c1cn(Cc2ccno2)cn1. The average Bonchev–Trinajstić information content (AvgIpc) is 2.75. The van der Waals surface area contributed by atoms with Crippen molar-refractivity contribution in [3.63, 3.8) is 0 Å². The highest BCUT2D eigenvalue weighted by atomic mass is 16.5. The minimum Gasteiger partial charge on any atom is -0.476 e. The Morgan fingerprint density at radius 3 is 3.07 bits per heavy atom. The highest BCUT2D eigenvalue weighted by Gasteiger charge is 2.07. The van der Waals surface area contributed by atoms with Crippen molar-refractivity contribution in [2.24, 2.45) is 0 Å². The number of aromatic nitrogens is 3. The topological polar surface area (TPSA) is 81.1 Å². The lowest BCUT2D eigenvalue weighted by atomic mass is 10.4. The van der Waals surface area contributed by atoms with Gasteiger partial charge in [-0.15, -0.1) is 0 Å². The van der Waals surface area contributed by atoms with E-state index in [-0.39, 0.29) is 5.69 Å². The first kappa shape index (κ1) is 8.49. The summed E-state index contributed by atoms with van der Waals surface area (Å²) in [6, 6.07) is 1.71. The molecule has 2 aromatic heterocycles. The van der Waals surface area contributed by atoms with Gasteiger partial charge < -0.3 is 14.2 Å². The largest absolute Gasteiger partial charge is 0.476 e. The number of carbonyl (C=O) groups is 1. The van der Waals surface area contributed by atoms with Gasteiger partial charge in [-0.2, -0.15) is 0 Å². The van der Waals surface area contributed by atoms with Crippen LogP contribution in [0.1, 0.15) is 16.2 Å². The normalized spacial score (nSPS) is 10.3. The Hall–Kier alpha value is -2.11. The fourth-order valence-electron chi connectivity index (χ4n) is 1.06. The molecule has 0 fully saturated rings. The summed E-state index contributed by atoms with van der Waals surface area (Å²) in [6.07, 6.45) is 4.40. The zero-order chi connectivity index (χ0) is 9.97. The number of carboxylic acid groups (broad SMARTS) is 1. The van der Waals surface area contributed by atoms with E-state index in [4.69, 9.17) is 9.63 Å². The second-order valence-electron chi connectivity index (χ2n) is 2.72. The van der Waals surface area contributed by atoms with Crippen molar-refractivity contribution in [2.75, 3.05) is 0 Å². The molecule has 14 heavy (non-hydrogen) atoms. The zero-order valence-corrected chi connectivity index (χ0v) is 7.12. The molecule has 72 valence electrons. The van der Waals surface area contributed by atoms with Gasteiger partial charge >= 0.3 is 5.97 Å². The number of hydrogen-bond acceptors (Lipinski definition) is 4. The van der Waals surface area contributed by atoms with Gasteiger partial charge in [-0.25, -0.2) is 9.78 Å². The molecule has 0 bridgehead atoms. The van der Waals surface area contributed by atoms with E-state index in [0.29, 0.717) is 12.3 Å². The highest BCUT2D eigenvalue weighted by Crippen LogP contribution is 2.02. The molecular weight excluding hydrogens is 186 g/mol. The van der Waals surface area contributed by atoms with E-state index in [1.165, 1.54) is 18.7 Å². The monoisotopic (exact) mass is 193 g/mol. The van der Waals surface area contributed by atoms with E-state index in [0.717, 1.165) is 0 Å². The van der Waals surface area contributed by atoms with Crippen molar-refractivity contribution in [3.05, 3.63) is 36.2 Å². The van der Waals surface area contributed by atoms with E-state index in [9.17, 15) is 4.79 Å². The van der Waals surface area contributed by atoms with E-state index in [2.05, 4.69) is 10.1 Å². The maximum Gasteiger partial charge on any atom is 0.356 e. The van der Waals surface area contributed by atoms with E-state index in [1.54, 1.807) is 10.6 Å². The third-order valence-corrected chi connectivity index (χ3v) is 1.68. The lowest BCUT2D eigenvalue weighted by Gasteiger charge is -1.94. The molecular formula is C8H7N3O3. The standard InChI is InChI=1S/C8H7N3O3/c12-8(13)7-4-11(5-9-7)3-6-1-2-10-14-6/h1-2,4-5H,3H2,(H,12,13). The Kier molecular flexibility index (Phi) is 2.02. The molecule has 0 atom stereocenters. The lowest BCUT2D eigenvalue weighted by Crippen LogP contribution is -1.97. The van der Waals surface area contributed by atoms with Gasteiger partial charge in [0.25, 0.3) is 0 Å². The van der Waals surface area contributed by atoms with Gasteiger partial charge in [-0.3, -0.25) is 0 Å². The summed E-state index contributed by atoms with van der Waals surface area (Å²) in [5.41, 5.74) is 0.0181. The number of carboxylic acids is 1. The Bertz CT molecular complexity index is 432. The molecule has 2 heterocycles. The molecule has 0 amide bonds. The van der Waals surface area contributed by atoms with Crippen LogP contribution in [0.4, 0.5) is 0 Å². The summed E-state index contributed by atoms with van der Waals surface area (Å²) in [5, 5.41) is 12.1. The van der Waals surface area contributed by atoms with Gasteiger partial charge in [-0.1, -0.05) is 5.16 Å². The average molecular weight is 193 g/mol. The van der Waals surface area contributed by atoms with Gasteiger partial charge in [0.1, 0.15) is 0 Å². The fourth-order valence-corrected chi connectivity index (χ4v) is 1.06. The van der Waals surface area contributed by atoms with Crippen LogP contribution in [0.5, 0.6) is 0 Å². The maximum absolute atomic E-state index is 10.5. The van der Waals surface area contributed by atoms with E-state index < -0.39 is 5.97 Å². The summed E-state index contributed by atoms with van der Waals surface area (Å²) in [7, 11) is 0. The van der Waals surface area contributed by atoms with Gasteiger partial charge in [0, 0.05) is 12.3 Å². The van der Waals surface area contributed by atoms with Crippen molar-refractivity contribution < 1.29 is 14.4 Å². The quantitative estimate of drug-likeness (QED) is 0.772.